The van der Waals surface area contributed by atoms with Gasteiger partial charge < -0.3 is 4.74 Å². The van der Waals surface area contributed by atoms with Gasteiger partial charge in [0.2, 0.25) is 0 Å². The van der Waals surface area contributed by atoms with Crippen LogP contribution < -0.4 is 4.74 Å². The van der Waals surface area contributed by atoms with E-state index in [-0.39, 0.29) is 0 Å². The summed E-state index contributed by atoms with van der Waals surface area (Å²) in [6.45, 7) is 2.42. The van der Waals surface area contributed by atoms with Gasteiger partial charge in [-0.15, -0.1) is 5.92 Å². The van der Waals surface area contributed by atoms with Gasteiger partial charge in [-0.3, -0.25) is 0 Å². The summed E-state index contributed by atoms with van der Waals surface area (Å²) in [5, 5.41) is 0. The first kappa shape index (κ1) is 11.3. The summed E-state index contributed by atoms with van der Waals surface area (Å²) in [7, 11) is 0. The second-order valence-corrected chi connectivity index (χ2v) is 3.68. The minimum Gasteiger partial charge on any atom is -0.489 e. The first-order valence-corrected chi connectivity index (χ1v) is 5.58. The first-order valence-electron chi connectivity index (χ1n) is 5.58. The number of ether oxygens (including phenoxy) is 1. The molecule has 0 N–H and O–H groups in total. The molecule has 0 heterocycles. The Kier molecular flexibility index (Phi) is 3.83. The molecule has 0 spiro atoms. The van der Waals surface area contributed by atoms with Crippen LogP contribution in [0, 0.1) is 11.8 Å². The summed E-state index contributed by atoms with van der Waals surface area (Å²) in [5.41, 5.74) is 2.15. The van der Waals surface area contributed by atoms with E-state index in [4.69, 9.17) is 4.74 Å². The second-order valence-electron chi connectivity index (χ2n) is 3.68. The third-order valence-electron chi connectivity index (χ3n) is 2.35. The molecule has 0 bridgehead atoms. The number of rotatable bonds is 3. The maximum atomic E-state index is 5.71. The largest absolute Gasteiger partial charge is 0.489 e. The van der Waals surface area contributed by atoms with Crippen LogP contribution in [0.1, 0.15) is 18.1 Å². The van der Waals surface area contributed by atoms with E-state index in [1.165, 1.54) is 5.56 Å². The minimum absolute atomic E-state index is 0.587. The van der Waals surface area contributed by atoms with Gasteiger partial charge in [-0.1, -0.05) is 42.3 Å². The van der Waals surface area contributed by atoms with Crippen LogP contribution in [0.3, 0.4) is 0 Å². The first-order chi connectivity index (χ1) is 8.38. The third kappa shape index (κ3) is 3.39. The molecule has 0 aliphatic heterocycles. The molecule has 0 saturated heterocycles. The van der Waals surface area contributed by atoms with Gasteiger partial charge in [0.1, 0.15) is 12.4 Å². The van der Waals surface area contributed by atoms with Crippen molar-refractivity contribution in [1.29, 1.82) is 0 Å². The summed E-state index contributed by atoms with van der Waals surface area (Å²) in [4.78, 5) is 0. The fraction of sp³-hybridized carbons (Fsp3) is 0.125. The highest BCUT2D eigenvalue weighted by Crippen LogP contribution is 2.14. The zero-order chi connectivity index (χ0) is 11.9. The Balaban J connectivity index is 2.03. The van der Waals surface area contributed by atoms with Crippen LogP contribution in [0.2, 0.25) is 0 Å². The predicted octanol–water partition coefficient (Wildman–Crippen LogP) is 3.64. The molecule has 0 fully saturated rings. The fourth-order valence-corrected chi connectivity index (χ4v) is 1.55. The number of hydrogen-bond donors (Lipinski definition) is 0. The van der Waals surface area contributed by atoms with Crippen LogP contribution in [0.15, 0.2) is 54.6 Å². The topological polar surface area (TPSA) is 9.23 Å². The standard InChI is InChI=1S/C16H14O/c1-2-7-14-10-6-11-16(12-14)17-13-15-8-4-3-5-9-15/h3-6,8-12H,13H2,1H3. The normalized spacial score (nSPS) is 9.24. The van der Waals surface area contributed by atoms with E-state index >= 15 is 0 Å². The molecular formula is C16H14O. The molecule has 0 saturated carbocycles. The summed E-state index contributed by atoms with van der Waals surface area (Å²) in [6, 6.07) is 18.0. The Bertz CT molecular complexity index is 532. The van der Waals surface area contributed by atoms with Crippen molar-refractivity contribution in [3.8, 4) is 17.6 Å². The van der Waals surface area contributed by atoms with Crippen LogP contribution in [0.4, 0.5) is 0 Å². The maximum absolute atomic E-state index is 5.71. The molecule has 2 aromatic carbocycles. The highest BCUT2D eigenvalue weighted by molar-refractivity contribution is 5.39. The van der Waals surface area contributed by atoms with Gasteiger partial charge in [-0.05, 0) is 30.7 Å². The van der Waals surface area contributed by atoms with E-state index < -0.39 is 0 Å². The summed E-state index contributed by atoms with van der Waals surface area (Å²) in [5.74, 6) is 6.75. The van der Waals surface area contributed by atoms with E-state index in [9.17, 15) is 0 Å². The monoisotopic (exact) mass is 222 g/mol. The van der Waals surface area contributed by atoms with Gasteiger partial charge >= 0.3 is 0 Å². The zero-order valence-electron chi connectivity index (χ0n) is 9.81. The number of hydrogen-bond acceptors (Lipinski definition) is 1. The average Bonchev–Trinajstić information content (AvgIpc) is 2.39. The molecule has 84 valence electrons. The van der Waals surface area contributed by atoms with Gasteiger partial charge in [-0.25, -0.2) is 0 Å². The van der Waals surface area contributed by atoms with Crippen molar-refractivity contribution in [3.63, 3.8) is 0 Å². The van der Waals surface area contributed by atoms with E-state index in [1.54, 1.807) is 0 Å². The number of benzene rings is 2. The maximum Gasteiger partial charge on any atom is 0.121 e. The van der Waals surface area contributed by atoms with Crippen LogP contribution in [-0.4, -0.2) is 0 Å². The van der Waals surface area contributed by atoms with Crippen molar-refractivity contribution in [3.05, 3.63) is 65.7 Å². The fourth-order valence-electron chi connectivity index (χ4n) is 1.55. The molecule has 0 aromatic heterocycles. The van der Waals surface area contributed by atoms with Gasteiger partial charge in [0.15, 0.2) is 0 Å². The van der Waals surface area contributed by atoms with Crippen LogP contribution >= 0.6 is 0 Å². The quantitative estimate of drug-likeness (QED) is 0.720. The second kappa shape index (κ2) is 5.77. The van der Waals surface area contributed by atoms with Gasteiger partial charge in [0, 0.05) is 5.56 Å². The molecule has 0 aliphatic rings. The lowest BCUT2D eigenvalue weighted by atomic mass is 10.2. The molecule has 2 rings (SSSR count). The molecule has 1 nitrogen and oxygen atoms in total. The summed E-state index contributed by atoms with van der Waals surface area (Å²) < 4.78 is 5.71. The molecule has 0 unspecified atom stereocenters. The molecule has 0 radical (unpaired) electrons. The van der Waals surface area contributed by atoms with Crippen molar-refractivity contribution < 1.29 is 4.74 Å². The molecular weight excluding hydrogens is 208 g/mol. The third-order valence-corrected chi connectivity index (χ3v) is 2.35. The van der Waals surface area contributed by atoms with Crippen LogP contribution in [0.5, 0.6) is 5.75 Å². The summed E-state index contributed by atoms with van der Waals surface area (Å²) >= 11 is 0. The zero-order valence-corrected chi connectivity index (χ0v) is 9.81. The SMILES string of the molecule is CC#Cc1cccc(OCc2ccccc2)c1. The Morgan fingerprint density at radius 1 is 1.00 bits per heavy atom. The van der Waals surface area contributed by atoms with Gasteiger partial charge in [0.25, 0.3) is 0 Å². The summed E-state index contributed by atoms with van der Waals surface area (Å²) in [6.07, 6.45) is 0. The average molecular weight is 222 g/mol. The molecule has 17 heavy (non-hydrogen) atoms. The highest BCUT2D eigenvalue weighted by atomic mass is 16.5. The Labute approximate surface area is 102 Å². The predicted molar refractivity (Wildman–Crippen MR) is 69.8 cm³/mol. The lowest BCUT2D eigenvalue weighted by Gasteiger charge is -2.06. The van der Waals surface area contributed by atoms with E-state index in [0.717, 1.165) is 11.3 Å². The Morgan fingerprint density at radius 2 is 1.82 bits per heavy atom. The van der Waals surface area contributed by atoms with Crippen molar-refractivity contribution in [2.45, 2.75) is 13.5 Å². The lowest BCUT2D eigenvalue weighted by Crippen LogP contribution is -1.94. The van der Waals surface area contributed by atoms with Crippen molar-refractivity contribution in [1.82, 2.24) is 0 Å². The molecule has 2 aromatic rings. The van der Waals surface area contributed by atoms with E-state index in [1.807, 2.05) is 49.4 Å². The molecule has 1 heteroatoms. The smallest absolute Gasteiger partial charge is 0.121 e. The van der Waals surface area contributed by atoms with Gasteiger partial charge in [0.05, 0.1) is 0 Å². The Morgan fingerprint density at radius 3 is 2.59 bits per heavy atom. The molecule has 0 atom stereocenters. The van der Waals surface area contributed by atoms with E-state index in [2.05, 4.69) is 24.0 Å². The van der Waals surface area contributed by atoms with Crippen molar-refractivity contribution in [2.24, 2.45) is 0 Å². The van der Waals surface area contributed by atoms with Crippen LogP contribution in [-0.2, 0) is 6.61 Å². The highest BCUT2D eigenvalue weighted by Gasteiger charge is 1.96. The van der Waals surface area contributed by atoms with Crippen molar-refractivity contribution in [2.75, 3.05) is 0 Å². The van der Waals surface area contributed by atoms with Crippen LogP contribution in [0.25, 0.3) is 0 Å². The lowest BCUT2D eigenvalue weighted by molar-refractivity contribution is 0.306. The van der Waals surface area contributed by atoms with Crippen molar-refractivity contribution >= 4 is 0 Å². The molecule has 0 aliphatic carbocycles. The minimum atomic E-state index is 0.587. The van der Waals surface area contributed by atoms with E-state index in [0.29, 0.717) is 6.61 Å². The van der Waals surface area contributed by atoms with Gasteiger partial charge in [-0.2, -0.15) is 0 Å². The Hall–Kier alpha value is -2.20. The molecule has 0 amide bonds.